The third-order valence-corrected chi connectivity index (χ3v) is 5.35. The van der Waals surface area contributed by atoms with Crippen molar-refractivity contribution in [2.24, 2.45) is 10.8 Å². The van der Waals surface area contributed by atoms with E-state index in [1.807, 2.05) is 18.2 Å². The normalized spacial score (nSPS) is 21.4. The van der Waals surface area contributed by atoms with E-state index in [-0.39, 0.29) is 22.7 Å². The van der Waals surface area contributed by atoms with Gasteiger partial charge in [0.1, 0.15) is 5.52 Å². The molecule has 2 aromatic rings. The highest BCUT2D eigenvalue weighted by molar-refractivity contribution is 5.74. The van der Waals surface area contributed by atoms with Gasteiger partial charge in [-0.1, -0.05) is 52.0 Å². The summed E-state index contributed by atoms with van der Waals surface area (Å²) in [5.74, 6) is 0. The average Bonchev–Trinajstić information content (AvgIpc) is 2.98. The lowest BCUT2D eigenvalue weighted by atomic mass is 9.76. The summed E-state index contributed by atoms with van der Waals surface area (Å²) in [6.07, 6.45) is 1.66. The zero-order valence-corrected chi connectivity index (χ0v) is 16.4. The van der Waals surface area contributed by atoms with Crippen LogP contribution in [0.25, 0.3) is 11.0 Å². The molecule has 1 atom stereocenters. The Kier molecular flexibility index (Phi) is 4.67. The molecule has 25 heavy (non-hydrogen) atoms. The van der Waals surface area contributed by atoms with Gasteiger partial charge in [0.05, 0.1) is 24.3 Å². The third-order valence-electron chi connectivity index (χ3n) is 5.35. The van der Waals surface area contributed by atoms with Gasteiger partial charge in [-0.15, -0.1) is 5.10 Å². The number of nitrogens with zero attached hydrogens (tertiary/aromatic N) is 3. The molecule has 0 bridgehead atoms. The fraction of sp³-hybridized carbons (Fsp3) is 0.700. The number of hydrogen-bond donors (Lipinski definition) is 0. The van der Waals surface area contributed by atoms with Crippen LogP contribution in [0.15, 0.2) is 24.3 Å². The van der Waals surface area contributed by atoms with Crippen LogP contribution in [-0.2, 0) is 15.0 Å². The monoisotopic (exact) mass is 345 g/mol. The van der Waals surface area contributed by atoms with Gasteiger partial charge in [0.25, 0.3) is 0 Å². The number of fused-ring (bicyclic) bond motifs is 1. The fourth-order valence-corrected chi connectivity index (χ4v) is 3.83. The van der Waals surface area contributed by atoms with Gasteiger partial charge in [-0.05, 0) is 31.9 Å². The second kappa shape index (κ2) is 6.36. The molecule has 0 N–H and O–H groups in total. The van der Waals surface area contributed by atoms with Crippen LogP contribution < -0.4 is 0 Å². The molecule has 1 aromatic carbocycles. The van der Waals surface area contributed by atoms with E-state index >= 15 is 0 Å². The van der Waals surface area contributed by atoms with Crippen molar-refractivity contribution in [3.8, 4) is 0 Å². The van der Waals surface area contributed by atoms with Gasteiger partial charge in [-0.2, -0.15) is 0 Å². The van der Waals surface area contributed by atoms with Gasteiger partial charge >= 0.3 is 0 Å². The van der Waals surface area contributed by atoms with E-state index in [4.69, 9.17) is 9.47 Å². The predicted molar refractivity (Wildman–Crippen MR) is 99.3 cm³/mol. The third kappa shape index (κ3) is 3.58. The van der Waals surface area contributed by atoms with Crippen LogP contribution >= 0.6 is 0 Å². The summed E-state index contributed by atoms with van der Waals surface area (Å²) < 4.78 is 14.3. The molecule has 138 valence electrons. The Hall–Kier alpha value is -1.46. The number of ether oxygens (including phenoxy) is 2. The van der Waals surface area contributed by atoms with Gasteiger partial charge in [0.15, 0.2) is 6.29 Å². The molecule has 0 amide bonds. The van der Waals surface area contributed by atoms with Crippen LogP contribution in [0.2, 0.25) is 0 Å². The largest absolute Gasteiger partial charge is 0.351 e. The first-order valence-electron chi connectivity index (χ1n) is 9.21. The van der Waals surface area contributed by atoms with Crippen molar-refractivity contribution in [3.05, 3.63) is 24.3 Å². The first-order valence-corrected chi connectivity index (χ1v) is 9.21. The average molecular weight is 345 g/mol. The van der Waals surface area contributed by atoms with Gasteiger partial charge in [0, 0.05) is 10.8 Å². The molecule has 1 saturated heterocycles. The Bertz CT molecular complexity index is 727. The Balaban J connectivity index is 1.85. The molecule has 0 spiro atoms. The Morgan fingerprint density at radius 3 is 2.44 bits per heavy atom. The maximum atomic E-state index is 6.09. The summed E-state index contributed by atoms with van der Waals surface area (Å²) in [5, 5.41) is 8.82. The van der Waals surface area contributed by atoms with E-state index in [1.54, 1.807) is 0 Å². The lowest BCUT2D eigenvalue weighted by Gasteiger charge is -2.45. The lowest BCUT2D eigenvalue weighted by Crippen LogP contribution is -2.48. The Morgan fingerprint density at radius 2 is 1.80 bits per heavy atom. The second-order valence-corrected chi connectivity index (χ2v) is 9.12. The number of para-hydroxylation sites is 1. The summed E-state index contributed by atoms with van der Waals surface area (Å²) in [6.45, 7) is 14.7. The first kappa shape index (κ1) is 18.3. The molecule has 1 aromatic heterocycles. The quantitative estimate of drug-likeness (QED) is 0.807. The maximum Gasteiger partial charge on any atom is 0.162 e. The van der Waals surface area contributed by atoms with E-state index < -0.39 is 0 Å². The molecule has 2 heterocycles. The molecule has 1 aliphatic rings. The summed E-state index contributed by atoms with van der Waals surface area (Å²) in [7, 11) is 0. The van der Waals surface area contributed by atoms with Crippen molar-refractivity contribution in [3.63, 3.8) is 0 Å². The molecule has 0 aliphatic carbocycles. The van der Waals surface area contributed by atoms with Crippen molar-refractivity contribution < 1.29 is 9.47 Å². The van der Waals surface area contributed by atoms with Crippen LogP contribution in [0.3, 0.4) is 0 Å². The lowest BCUT2D eigenvalue weighted by molar-refractivity contribution is -0.267. The number of aromatic nitrogens is 3. The molecule has 1 aliphatic heterocycles. The highest BCUT2D eigenvalue weighted by atomic mass is 16.7. The molecular formula is C20H31N3O2. The molecule has 1 unspecified atom stereocenters. The van der Waals surface area contributed by atoms with E-state index in [1.165, 1.54) is 0 Å². The van der Waals surface area contributed by atoms with E-state index in [0.717, 1.165) is 37.1 Å². The minimum atomic E-state index is -0.193. The van der Waals surface area contributed by atoms with Gasteiger partial charge in [0.2, 0.25) is 0 Å². The second-order valence-electron chi connectivity index (χ2n) is 9.12. The first-order chi connectivity index (χ1) is 11.7. The van der Waals surface area contributed by atoms with Gasteiger partial charge < -0.3 is 9.47 Å². The van der Waals surface area contributed by atoms with Crippen molar-refractivity contribution in [1.29, 1.82) is 0 Å². The molecule has 0 radical (unpaired) electrons. The van der Waals surface area contributed by atoms with E-state index in [2.05, 4.69) is 62.6 Å². The summed E-state index contributed by atoms with van der Waals surface area (Å²) in [5.41, 5.74) is 1.82. The van der Waals surface area contributed by atoms with Crippen LogP contribution in [0, 0.1) is 10.8 Å². The minimum absolute atomic E-state index is 0.0861. The predicted octanol–water partition coefficient (Wildman–Crippen LogP) is 4.37. The van der Waals surface area contributed by atoms with Crippen LogP contribution in [0.1, 0.15) is 54.4 Å². The van der Waals surface area contributed by atoms with Crippen molar-refractivity contribution in [1.82, 2.24) is 15.0 Å². The summed E-state index contributed by atoms with van der Waals surface area (Å²) in [6, 6.07) is 8.14. The van der Waals surface area contributed by atoms with Gasteiger partial charge in [-0.3, -0.25) is 0 Å². The molecule has 3 rings (SSSR count). The number of benzene rings is 1. The molecule has 5 nitrogen and oxygen atoms in total. The molecular weight excluding hydrogens is 314 g/mol. The highest BCUT2D eigenvalue weighted by Crippen LogP contribution is 2.42. The van der Waals surface area contributed by atoms with Crippen LogP contribution in [0.4, 0.5) is 0 Å². The smallest absolute Gasteiger partial charge is 0.162 e. The zero-order valence-electron chi connectivity index (χ0n) is 16.4. The van der Waals surface area contributed by atoms with Crippen molar-refractivity contribution in [2.75, 3.05) is 13.2 Å². The van der Waals surface area contributed by atoms with Crippen molar-refractivity contribution in [2.45, 2.75) is 66.2 Å². The van der Waals surface area contributed by atoms with Gasteiger partial charge in [-0.25, -0.2) is 4.68 Å². The Morgan fingerprint density at radius 1 is 1.16 bits per heavy atom. The highest BCUT2D eigenvalue weighted by Gasteiger charge is 2.43. The molecule has 0 saturated carbocycles. The number of hydrogen-bond acceptors (Lipinski definition) is 4. The minimum Gasteiger partial charge on any atom is -0.351 e. The van der Waals surface area contributed by atoms with E-state index in [0.29, 0.717) is 0 Å². The summed E-state index contributed by atoms with van der Waals surface area (Å²) in [4.78, 5) is 0. The summed E-state index contributed by atoms with van der Waals surface area (Å²) >= 11 is 0. The van der Waals surface area contributed by atoms with Crippen LogP contribution in [-0.4, -0.2) is 34.5 Å². The topological polar surface area (TPSA) is 49.2 Å². The maximum absolute atomic E-state index is 6.09. The van der Waals surface area contributed by atoms with Crippen LogP contribution in [0.5, 0.6) is 0 Å². The molecule has 5 heteroatoms. The number of rotatable bonds is 5. The van der Waals surface area contributed by atoms with Crippen molar-refractivity contribution >= 4 is 11.0 Å². The Labute approximate surface area is 150 Å². The zero-order chi connectivity index (χ0) is 18.3. The van der Waals surface area contributed by atoms with E-state index in [9.17, 15) is 0 Å². The SMILES string of the molecule is CCC(C)(CC(C)(C)C1OCC(C)(C)CO1)n1nnc2ccccc21. The standard InChI is InChI=1S/C20H31N3O2/c1-7-20(6,23-16-11-9-8-10-15(16)21-22-23)12-19(4,5)17-24-13-18(2,3)14-25-17/h8-11,17H,7,12-14H2,1-6H3. The molecule has 1 fully saturated rings. The fourth-order valence-electron chi connectivity index (χ4n) is 3.83.